The van der Waals surface area contributed by atoms with E-state index in [1.165, 1.54) is 17.0 Å². The Morgan fingerprint density at radius 1 is 1.29 bits per heavy atom. The average Bonchev–Trinajstić information content (AvgIpc) is 3.23. The van der Waals surface area contributed by atoms with Crippen LogP contribution in [0.4, 0.5) is 10.1 Å². The molecule has 0 spiro atoms. The van der Waals surface area contributed by atoms with Gasteiger partial charge in [0.2, 0.25) is 5.91 Å². The van der Waals surface area contributed by atoms with Crippen molar-refractivity contribution in [3.8, 4) is 0 Å². The number of hydrogen-bond acceptors (Lipinski definition) is 7. The van der Waals surface area contributed by atoms with Crippen LogP contribution in [0.15, 0.2) is 52.0 Å². The number of nitrogens with zero attached hydrogens (tertiary/aromatic N) is 3. The molecule has 0 saturated carbocycles. The molecule has 4 rings (SSSR count). The first-order valence-electron chi connectivity index (χ1n) is 8.03. The van der Waals surface area contributed by atoms with Gasteiger partial charge in [0.1, 0.15) is 22.2 Å². The van der Waals surface area contributed by atoms with Gasteiger partial charge in [-0.25, -0.2) is 9.02 Å². The van der Waals surface area contributed by atoms with Crippen molar-refractivity contribution in [2.45, 2.75) is 0 Å². The molecule has 1 aliphatic rings. The molecule has 0 aliphatic carbocycles. The average molecular weight is 414 g/mol. The van der Waals surface area contributed by atoms with Gasteiger partial charge in [0, 0.05) is 0 Å². The van der Waals surface area contributed by atoms with E-state index in [9.17, 15) is 14.0 Å². The molecule has 2 amide bonds. The van der Waals surface area contributed by atoms with Gasteiger partial charge in [-0.05, 0) is 46.2 Å². The molecule has 1 saturated heterocycles. The first-order chi connectivity index (χ1) is 13.5. The van der Waals surface area contributed by atoms with E-state index in [1.807, 2.05) is 0 Å². The Bertz CT molecular complexity index is 1140. The first-order valence-corrected chi connectivity index (χ1v) is 9.26. The molecule has 1 aromatic heterocycles. The maximum Gasteiger partial charge on any atom is 0.266 e. The van der Waals surface area contributed by atoms with Crippen molar-refractivity contribution in [1.29, 1.82) is 0 Å². The number of halogens is 1. The smallest absolute Gasteiger partial charge is 0.266 e. The fourth-order valence-electron chi connectivity index (χ4n) is 2.62. The monoisotopic (exact) mass is 414 g/mol. The SMILES string of the molecule is O=C(CN1C(=O)C(=Cc2cccc(F)c2)SC1=S)Nc1cccc2nonc12. The third kappa shape index (κ3) is 3.64. The van der Waals surface area contributed by atoms with Crippen molar-refractivity contribution in [2.75, 3.05) is 11.9 Å². The molecule has 1 fully saturated rings. The molecular weight excluding hydrogens is 403 g/mol. The second-order valence-electron chi connectivity index (χ2n) is 5.81. The maximum atomic E-state index is 13.3. The Kier molecular flexibility index (Phi) is 4.88. The minimum atomic E-state index is -0.446. The Balaban J connectivity index is 1.48. The minimum absolute atomic E-state index is 0.254. The number of amides is 2. The number of fused-ring (bicyclic) bond motifs is 1. The van der Waals surface area contributed by atoms with Crippen molar-refractivity contribution < 1.29 is 18.6 Å². The lowest BCUT2D eigenvalue weighted by Gasteiger charge is -2.14. The van der Waals surface area contributed by atoms with Crippen LogP contribution in [-0.2, 0) is 9.59 Å². The van der Waals surface area contributed by atoms with Crippen LogP contribution in [0, 0.1) is 5.82 Å². The Hall–Kier alpha value is -3.11. The van der Waals surface area contributed by atoms with Crippen LogP contribution in [0.3, 0.4) is 0 Å². The second kappa shape index (κ2) is 7.49. The van der Waals surface area contributed by atoms with Crippen molar-refractivity contribution in [3.05, 3.63) is 58.8 Å². The Morgan fingerprint density at radius 2 is 2.11 bits per heavy atom. The molecule has 0 bridgehead atoms. The van der Waals surface area contributed by atoms with Gasteiger partial charge in [-0.1, -0.05) is 42.2 Å². The summed E-state index contributed by atoms with van der Waals surface area (Å²) in [4.78, 5) is 26.5. The predicted molar refractivity (Wildman–Crippen MR) is 107 cm³/mol. The van der Waals surface area contributed by atoms with E-state index in [0.29, 0.717) is 27.2 Å². The number of carbonyl (C=O) groups excluding carboxylic acids is 2. The number of rotatable bonds is 4. The van der Waals surface area contributed by atoms with Crippen LogP contribution in [-0.4, -0.2) is 37.9 Å². The molecule has 0 atom stereocenters. The number of thiocarbonyl (C=S) groups is 1. The number of nitrogens with one attached hydrogen (secondary N) is 1. The van der Waals surface area contributed by atoms with Gasteiger partial charge < -0.3 is 5.32 Å². The van der Waals surface area contributed by atoms with E-state index in [4.69, 9.17) is 12.2 Å². The fraction of sp³-hybridized carbons (Fsp3) is 0.0556. The van der Waals surface area contributed by atoms with Crippen LogP contribution in [0.2, 0.25) is 0 Å². The largest absolute Gasteiger partial charge is 0.322 e. The molecule has 140 valence electrons. The van der Waals surface area contributed by atoms with Gasteiger partial charge in [-0.15, -0.1) is 0 Å². The van der Waals surface area contributed by atoms with Gasteiger partial charge in [-0.2, -0.15) is 0 Å². The third-order valence-electron chi connectivity index (χ3n) is 3.88. The Labute approximate surface area is 167 Å². The number of carbonyl (C=O) groups is 2. The van der Waals surface area contributed by atoms with Gasteiger partial charge in [0.25, 0.3) is 5.91 Å². The zero-order chi connectivity index (χ0) is 19.7. The molecule has 10 heteroatoms. The number of hydrogen-bond donors (Lipinski definition) is 1. The second-order valence-corrected chi connectivity index (χ2v) is 7.48. The van der Waals surface area contributed by atoms with Crippen molar-refractivity contribution in [3.63, 3.8) is 0 Å². The standard InChI is InChI=1S/C18H11FN4O3S2/c19-11-4-1-3-10(7-11)8-14-17(25)23(18(27)28-14)9-15(24)20-12-5-2-6-13-16(12)22-26-21-13/h1-8H,9H2,(H,20,24). The zero-order valence-corrected chi connectivity index (χ0v) is 15.7. The van der Waals surface area contributed by atoms with Crippen LogP contribution >= 0.6 is 24.0 Å². The fourth-order valence-corrected chi connectivity index (χ4v) is 3.88. The normalized spacial score (nSPS) is 15.6. The number of anilines is 1. The lowest BCUT2D eigenvalue weighted by atomic mass is 10.2. The minimum Gasteiger partial charge on any atom is -0.322 e. The molecule has 7 nitrogen and oxygen atoms in total. The summed E-state index contributed by atoms with van der Waals surface area (Å²) >= 11 is 6.28. The summed E-state index contributed by atoms with van der Waals surface area (Å²) < 4.78 is 18.2. The molecule has 1 aliphatic heterocycles. The summed E-state index contributed by atoms with van der Waals surface area (Å²) in [6.45, 7) is -0.257. The predicted octanol–water partition coefficient (Wildman–Crippen LogP) is 3.20. The molecule has 28 heavy (non-hydrogen) atoms. The summed E-state index contributed by atoms with van der Waals surface area (Å²) in [6.07, 6.45) is 1.54. The molecule has 0 radical (unpaired) electrons. The lowest BCUT2D eigenvalue weighted by molar-refractivity contribution is -0.126. The highest BCUT2D eigenvalue weighted by molar-refractivity contribution is 8.26. The van der Waals surface area contributed by atoms with E-state index < -0.39 is 17.6 Å². The highest BCUT2D eigenvalue weighted by atomic mass is 32.2. The number of benzene rings is 2. The number of aromatic nitrogens is 2. The van der Waals surface area contributed by atoms with Gasteiger partial charge >= 0.3 is 0 Å². The molecular formula is C18H11FN4O3S2. The van der Waals surface area contributed by atoms with Crippen molar-refractivity contribution in [2.24, 2.45) is 0 Å². The molecule has 3 aromatic rings. The first kappa shape index (κ1) is 18.3. The molecule has 2 aromatic carbocycles. The van der Waals surface area contributed by atoms with Crippen LogP contribution in [0.25, 0.3) is 17.1 Å². The van der Waals surface area contributed by atoms with E-state index in [-0.39, 0.29) is 10.9 Å². The summed E-state index contributed by atoms with van der Waals surface area (Å²) in [5.74, 6) is -1.25. The lowest BCUT2D eigenvalue weighted by Crippen LogP contribution is -2.36. The molecule has 2 heterocycles. The number of thioether (sulfide) groups is 1. The highest BCUT2D eigenvalue weighted by Gasteiger charge is 2.33. The summed E-state index contributed by atoms with van der Waals surface area (Å²) in [6, 6.07) is 10.9. The van der Waals surface area contributed by atoms with Crippen molar-refractivity contribution in [1.82, 2.24) is 15.2 Å². The van der Waals surface area contributed by atoms with Crippen LogP contribution in [0.1, 0.15) is 5.56 Å². The van der Waals surface area contributed by atoms with E-state index >= 15 is 0 Å². The van der Waals surface area contributed by atoms with E-state index in [0.717, 1.165) is 11.8 Å². The van der Waals surface area contributed by atoms with Gasteiger partial charge in [0.05, 0.1) is 10.6 Å². The highest BCUT2D eigenvalue weighted by Crippen LogP contribution is 2.32. The maximum absolute atomic E-state index is 13.3. The van der Waals surface area contributed by atoms with Crippen LogP contribution < -0.4 is 5.32 Å². The van der Waals surface area contributed by atoms with Gasteiger partial charge in [0.15, 0.2) is 5.52 Å². The van der Waals surface area contributed by atoms with E-state index in [1.54, 1.807) is 36.4 Å². The Morgan fingerprint density at radius 3 is 2.93 bits per heavy atom. The van der Waals surface area contributed by atoms with Gasteiger partial charge in [-0.3, -0.25) is 14.5 Å². The van der Waals surface area contributed by atoms with Crippen LogP contribution in [0.5, 0.6) is 0 Å². The summed E-state index contributed by atoms with van der Waals surface area (Å²) in [5.41, 5.74) is 1.87. The molecule has 1 N–H and O–H groups in total. The zero-order valence-electron chi connectivity index (χ0n) is 14.1. The third-order valence-corrected chi connectivity index (χ3v) is 5.26. The van der Waals surface area contributed by atoms with Crippen molar-refractivity contribution >= 4 is 62.9 Å². The summed E-state index contributed by atoms with van der Waals surface area (Å²) in [5, 5.41) is 10.1. The summed E-state index contributed by atoms with van der Waals surface area (Å²) in [7, 11) is 0. The quantitative estimate of drug-likeness (QED) is 0.518. The topological polar surface area (TPSA) is 88.3 Å². The molecule has 0 unspecified atom stereocenters. The van der Waals surface area contributed by atoms with E-state index in [2.05, 4.69) is 20.3 Å².